The van der Waals surface area contributed by atoms with Crippen molar-refractivity contribution in [3.8, 4) is 0 Å². The lowest BCUT2D eigenvalue weighted by Crippen LogP contribution is -2.17. The van der Waals surface area contributed by atoms with Crippen LogP contribution >= 0.6 is 0 Å². The molecular weight excluding hydrogens is 128 g/mol. The first-order chi connectivity index (χ1) is 4.86. The molecule has 0 aromatic carbocycles. The van der Waals surface area contributed by atoms with Crippen molar-refractivity contribution in [2.24, 2.45) is 11.8 Å². The van der Waals surface area contributed by atoms with Crippen LogP contribution in [0.15, 0.2) is 0 Å². The van der Waals surface area contributed by atoms with Crippen LogP contribution < -0.4 is 0 Å². The summed E-state index contributed by atoms with van der Waals surface area (Å²) in [6.07, 6.45) is 3.79. The van der Waals surface area contributed by atoms with Crippen LogP contribution in [0.3, 0.4) is 0 Å². The molecule has 0 bridgehead atoms. The first-order valence-electron chi connectivity index (χ1n) is 4.12. The second-order valence-corrected chi connectivity index (χ2v) is 3.54. The van der Waals surface area contributed by atoms with Gasteiger partial charge < -0.3 is 9.84 Å². The molecule has 1 N–H and O–H groups in total. The first kappa shape index (κ1) is 6.62. The van der Waals surface area contributed by atoms with Gasteiger partial charge in [0, 0.05) is 5.92 Å². The molecule has 1 saturated carbocycles. The zero-order valence-electron chi connectivity index (χ0n) is 6.12. The van der Waals surface area contributed by atoms with E-state index in [1.807, 2.05) is 0 Å². The standard InChI is InChI=1S/C8H14O2/c9-8-5-10-4-7(8)3-6-1-2-6/h6-9H,1-5H2/t7-,8-/m1/s1. The quantitative estimate of drug-likeness (QED) is 0.617. The third-order valence-electron chi connectivity index (χ3n) is 2.50. The summed E-state index contributed by atoms with van der Waals surface area (Å²) in [6, 6.07) is 0. The van der Waals surface area contributed by atoms with Gasteiger partial charge in [0.15, 0.2) is 0 Å². The molecule has 0 radical (unpaired) electrons. The molecule has 0 amide bonds. The van der Waals surface area contributed by atoms with Gasteiger partial charge in [-0.25, -0.2) is 0 Å². The largest absolute Gasteiger partial charge is 0.390 e. The van der Waals surface area contributed by atoms with Gasteiger partial charge in [0.25, 0.3) is 0 Å². The Balaban J connectivity index is 1.79. The van der Waals surface area contributed by atoms with Crippen molar-refractivity contribution in [1.82, 2.24) is 0 Å². The average Bonchev–Trinajstić information content (AvgIpc) is 2.62. The Morgan fingerprint density at radius 1 is 1.30 bits per heavy atom. The van der Waals surface area contributed by atoms with Gasteiger partial charge in [-0.15, -0.1) is 0 Å². The Bertz CT molecular complexity index is 120. The highest BCUT2D eigenvalue weighted by molar-refractivity contribution is 4.82. The van der Waals surface area contributed by atoms with Crippen LogP contribution in [0.2, 0.25) is 0 Å². The summed E-state index contributed by atoms with van der Waals surface area (Å²) in [5.74, 6) is 1.37. The number of aliphatic hydroxyl groups excluding tert-OH is 1. The zero-order chi connectivity index (χ0) is 6.97. The molecule has 10 heavy (non-hydrogen) atoms. The van der Waals surface area contributed by atoms with Gasteiger partial charge in [-0.1, -0.05) is 12.8 Å². The Kier molecular flexibility index (Phi) is 1.66. The van der Waals surface area contributed by atoms with Crippen LogP contribution in [0, 0.1) is 11.8 Å². The van der Waals surface area contributed by atoms with Gasteiger partial charge >= 0.3 is 0 Å². The van der Waals surface area contributed by atoms with Gasteiger partial charge in [0.1, 0.15) is 0 Å². The molecule has 2 rings (SSSR count). The van der Waals surface area contributed by atoms with Crippen LogP contribution in [0.4, 0.5) is 0 Å². The van der Waals surface area contributed by atoms with E-state index in [9.17, 15) is 5.11 Å². The zero-order valence-corrected chi connectivity index (χ0v) is 6.12. The number of hydrogen-bond acceptors (Lipinski definition) is 2. The van der Waals surface area contributed by atoms with E-state index in [-0.39, 0.29) is 6.10 Å². The fraction of sp³-hybridized carbons (Fsp3) is 1.00. The fourth-order valence-corrected chi connectivity index (χ4v) is 1.59. The van der Waals surface area contributed by atoms with Gasteiger partial charge in [-0.3, -0.25) is 0 Å². The van der Waals surface area contributed by atoms with E-state index >= 15 is 0 Å². The van der Waals surface area contributed by atoms with E-state index in [0.29, 0.717) is 12.5 Å². The van der Waals surface area contributed by atoms with Crippen molar-refractivity contribution < 1.29 is 9.84 Å². The summed E-state index contributed by atoms with van der Waals surface area (Å²) in [7, 11) is 0. The monoisotopic (exact) mass is 142 g/mol. The van der Waals surface area contributed by atoms with Crippen molar-refractivity contribution in [3.63, 3.8) is 0 Å². The van der Waals surface area contributed by atoms with Crippen LogP contribution in [0.1, 0.15) is 19.3 Å². The predicted molar refractivity (Wildman–Crippen MR) is 37.7 cm³/mol. The number of rotatable bonds is 2. The lowest BCUT2D eigenvalue weighted by molar-refractivity contribution is 0.116. The van der Waals surface area contributed by atoms with E-state index < -0.39 is 0 Å². The number of ether oxygens (including phenoxy) is 1. The van der Waals surface area contributed by atoms with Crippen molar-refractivity contribution in [3.05, 3.63) is 0 Å². The van der Waals surface area contributed by atoms with Crippen LogP contribution in [-0.4, -0.2) is 24.4 Å². The summed E-state index contributed by atoms with van der Waals surface area (Å²) in [5, 5.41) is 9.34. The molecule has 2 atom stereocenters. The van der Waals surface area contributed by atoms with E-state index in [1.54, 1.807) is 0 Å². The highest BCUT2D eigenvalue weighted by Gasteiger charge is 2.32. The minimum absolute atomic E-state index is 0.166. The summed E-state index contributed by atoms with van der Waals surface area (Å²) in [4.78, 5) is 0. The summed E-state index contributed by atoms with van der Waals surface area (Å²) in [5.41, 5.74) is 0. The average molecular weight is 142 g/mol. The van der Waals surface area contributed by atoms with Crippen LogP contribution in [0.5, 0.6) is 0 Å². The minimum Gasteiger partial charge on any atom is -0.390 e. The number of hydrogen-bond donors (Lipinski definition) is 1. The molecule has 1 aliphatic heterocycles. The molecule has 58 valence electrons. The van der Waals surface area contributed by atoms with Gasteiger partial charge in [-0.05, 0) is 12.3 Å². The molecule has 2 heteroatoms. The molecule has 1 saturated heterocycles. The maximum atomic E-state index is 9.34. The second-order valence-electron chi connectivity index (χ2n) is 3.54. The summed E-state index contributed by atoms with van der Waals surface area (Å²) < 4.78 is 5.15. The van der Waals surface area contributed by atoms with Gasteiger partial charge in [0.2, 0.25) is 0 Å². The lowest BCUT2D eigenvalue weighted by atomic mass is 9.99. The topological polar surface area (TPSA) is 29.5 Å². The Morgan fingerprint density at radius 3 is 2.60 bits per heavy atom. The highest BCUT2D eigenvalue weighted by Crippen LogP contribution is 2.37. The Morgan fingerprint density at radius 2 is 2.10 bits per heavy atom. The van der Waals surface area contributed by atoms with Crippen molar-refractivity contribution >= 4 is 0 Å². The minimum atomic E-state index is -0.166. The fourth-order valence-electron chi connectivity index (χ4n) is 1.59. The van der Waals surface area contributed by atoms with E-state index in [4.69, 9.17) is 4.74 Å². The van der Waals surface area contributed by atoms with E-state index in [1.165, 1.54) is 19.3 Å². The Labute approximate surface area is 61.2 Å². The summed E-state index contributed by atoms with van der Waals surface area (Å²) >= 11 is 0. The van der Waals surface area contributed by atoms with E-state index in [0.717, 1.165) is 12.5 Å². The van der Waals surface area contributed by atoms with Crippen molar-refractivity contribution in [2.45, 2.75) is 25.4 Å². The predicted octanol–water partition coefficient (Wildman–Crippen LogP) is 0.794. The van der Waals surface area contributed by atoms with Crippen LogP contribution in [-0.2, 0) is 4.74 Å². The smallest absolute Gasteiger partial charge is 0.0823 e. The maximum Gasteiger partial charge on any atom is 0.0823 e. The SMILES string of the molecule is O[C@@H]1COC[C@H]1CC1CC1. The normalized spacial score (nSPS) is 40.5. The Hall–Kier alpha value is -0.0800. The summed E-state index contributed by atoms with van der Waals surface area (Å²) in [6.45, 7) is 1.36. The molecule has 0 unspecified atom stereocenters. The second kappa shape index (κ2) is 2.51. The maximum absolute atomic E-state index is 9.34. The molecule has 2 fully saturated rings. The number of aliphatic hydroxyl groups is 1. The highest BCUT2D eigenvalue weighted by atomic mass is 16.5. The molecule has 1 aliphatic carbocycles. The molecule has 0 spiro atoms. The molecule has 2 aliphatic rings. The van der Waals surface area contributed by atoms with Crippen molar-refractivity contribution in [2.75, 3.05) is 13.2 Å². The third kappa shape index (κ3) is 1.32. The third-order valence-corrected chi connectivity index (χ3v) is 2.50. The van der Waals surface area contributed by atoms with Crippen molar-refractivity contribution in [1.29, 1.82) is 0 Å². The van der Waals surface area contributed by atoms with Crippen LogP contribution in [0.25, 0.3) is 0 Å². The first-order valence-corrected chi connectivity index (χ1v) is 4.12. The van der Waals surface area contributed by atoms with Gasteiger partial charge in [0.05, 0.1) is 19.3 Å². The van der Waals surface area contributed by atoms with E-state index in [2.05, 4.69) is 0 Å². The molecule has 0 aromatic heterocycles. The lowest BCUT2D eigenvalue weighted by Gasteiger charge is -2.09. The molecule has 1 heterocycles. The molecular formula is C8H14O2. The van der Waals surface area contributed by atoms with Gasteiger partial charge in [-0.2, -0.15) is 0 Å². The molecule has 2 nitrogen and oxygen atoms in total. The molecule has 0 aromatic rings.